The molecule has 5 rings (SSSR count). The molecule has 3 aromatic heterocycles. The molecule has 30 heavy (non-hydrogen) atoms. The van der Waals surface area contributed by atoms with Gasteiger partial charge in [0.05, 0.1) is 29.1 Å². The minimum Gasteiger partial charge on any atom is -0.467 e. The van der Waals surface area contributed by atoms with E-state index in [-0.39, 0.29) is 11.3 Å². The summed E-state index contributed by atoms with van der Waals surface area (Å²) in [4.78, 5) is 20.3. The summed E-state index contributed by atoms with van der Waals surface area (Å²) in [6, 6.07) is 15.6. The van der Waals surface area contributed by atoms with Crippen LogP contribution in [0.1, 0.15) is 36.4 Å². The van der Waals surface area contributed by atoms with Gasteiger partial charge in [-0.15, -0.1) is 0 Å². The maximum absolute atomic E-state index is 13.5. The number of hydrogen-bond donors (Lipinski definition) is 0. The lowest BCUT2D eigenvalue weighted by atomic mass is 9.93. The third-order valence-corrected chi connectivity index (χ3v) is 5.76. The van der Waals surface area contributed by atoms with Crippen LogP contribution in [0.2, 0.25) is 0 Å². The van der Waals surface area contributed by atoms with Gasteiger partial charge in [0.2, 0.25) is 0 Å². The lowest BCUT2D eigenvalue weighted by molar-refractivity contribution is 0.0780. The van der Waals surface area contributed by atoms with Crippen LogP contribution in [-0.4, -0.2) is 38.7 Å². The first-order valence-electron chi connectivity index (χ1n) is 10.2. The first-order chi connectivity index (χ1) is 14.5. The molecule has 1 aliphatic heterocycles. The van der Waals surface area contributed by atoms with E-state index in [0.717, 1.165) is 41.9 Å². The van der Waals surface area contributed by atoms with Crippen LogP contribution in [0.3, 0.4) is 0 Å². The molecule has 6 nitrogen and oxygen atoms in total. The van der Waals surface area contributed by atoms with Gasteiger partial charge < -0.3 is 9.32 Å². The molecule has 0 bridgehead atoms. The number of benzene rings is 1. The summed E-state index contributed by atoms with van der Waals surface area (Å²) < 4.78 is 7.29. The van der Waals surface area contributed by atoms with Crippen molar-refractivity contribution < 1.29 is 9.21 Å². The Labute approximate surface area is 175 Å². The van der Waals surface area contributed by atoms with Gasteiger partial charge in [-0.3, -0.25) is 4.79 Å². The standard InChI is InChI=1S/C24H24N4O2/c1-24(2)10-11-27(16-24)23(29)19-13-21(17-7-4-3-5-8-17)26-22-20(19)14-25-28(22)15-18-9-6-12-30-18/h3-9,12-14H,10-11,15-16H2,1-2H3. The Morgan fingerprint density at radius 1 is 1.17 bits per heavy atom. The Hall–Kier alpha value is -3.41. The summed E-state index contributed by atoms with van der Waals surface area (Å²) in [5, 5.41) is 5.30. The van der Waals surface area contributed by atoms with Gasteiger partial charge in [0, 0.05) is 18.7 Å². The minimum absolute atomic E-state index is 0.0442. The molecule has 0 radical (unpaired) electrons. The Morgan fingerprint density at radius 2 is 2.00 bits per heavy atom. The van der Waals surface area contributed by atoms with Crippen molar-refractivity contribution in [2.24, 2.45) is 5.41 Å². The van der Waals surface area contributed by atoms with Crippen molar-refractivity contribution in [1.82, 2.24) is 19.7 Å². The van der Waals surface area contributed by atoms with E-state index in [1.54, 1.807) is 17.1 Å². The van der Waals surface area contributed by atoms with Gasteiger partial charge in [-0.25, -0.2) is 9.67 Å². The van der Waals surface area contributed by atoms with Gasteiger partial charge in [-0.05, 0) is 30.0 Å². The fourth-order valence-electron chi connectivity index (χ4n) is 4.10. The number of carbonyl (C=O) groups excluding carboxylic acids is 1. The lowest BCUT2D eigenvalue weighted by Gasteiger charge is -2.20. The Kier molecular flexibility index (Phi) is 4.42. The van der Waals surface area contributed by atoms with E-state index in [1.807, 2.05) is 53.4 Å². The number of furan rings is 1. The van der Waals surface area contributed by atoms with Crippen molar-refractivity contribution in [3.05, 3.63) is 72.3 Å². The Morgan fingerprint density at radius 3 is 2.70 bits per heavy atom. The summed E-state index contributed by atoms with van der Waals surface area (Å²) in [6.07, 6.45) is 4.40. The van der Waals surface area contributed by atoms with E-state index in [2.05, 4.69) is 18.9 Å². The fourth-order valence-corrected chi connectivity index (χ4v) is 4.10. The Bertz CT molecular complexity index is 1190. The van der Waals surface area contributed by atoms with Gasteiger partial charge in [-0.2, -0.15) is 5.10 Å². The second kappa shape index (κ2) is 7.13. The molecule has 1 aromatic carbocycles. The summed E-state index contributed by atoms with van der Waals surface area (Å²) in [5.41, 5.74) is 3.23. The van der Waals surface area contributed by atoms with Gasteiger partial charge in [0.25, 0.3) is 5.91 Å². The maximum atomic E-state index is 13.5. The highest BCUT2D eigenvalue weighted by atomic mass is 16.3. The predicted molar refractivity (Wildman–Crippen MR) is 115 cm³/mol. The van der Waals surface area contributed by atoms with Crippen LogP contribution in [-0.2, 0) is 6.54 Å². The molecule has 1 fully saturated rings. The second-order valence-corrected chi connectivity index (χ2v) is 8.68. The highest BCUT2D eigenvalue weighted by Crippen LogP contribution is 2.32. The molecule has 1 saturated heterocycles. The highest BCUT2D eigenvalue weighted by molar-refractivity contribution is 6.06. The number of hydrogen-bond acceptors (Lipinski definition) is 4. The summed E-state index contributed by atoms with van der Waals surface area (Å²) in [5.74, 6) is 0.837. The summed E-state index contributed by atoms with van der Waals surface area (Å²) in [7, 11) is 0. The third kappa shape index (κ3) is 3.38. The molecule has 0 unspecified atom stereocenters. The molecule has 6 heteroatoms. The van der Waals surface area contributed by atoms with E-state index in [1.165, 1.54) is 0 Å². The largest absolute Gasteiger partial charge is 0.467 e. The number of nitrogens with zero attached hydrogens (tertiary/aromatic N) is 4. The van der Waals surface area contributed by atoms with Crippen molar-refractivity contribution in [3.8, 4) is 11.3 Å². The molecule has 1 amide bonds. The van der Waals surface area contributed by atoms with Crippen LogP contribution in [0.4, 0.5) is 0 Å². The summed E-state index contributed by atoms with van der Waals surface area (Å²) >= 11 is 0. The molecule has 152 valence electrons. The molecule has 0 N–H and O–H groups in total. The number of pyridine rings is 1. The zero-order valence-electron chi connectivity index (χ0n) is 17.2. The molecular weight excluding hydrogens is 376 g/mol. The number of carbonyl (C=O) groups is 1. The van der Waals surface area contributed by atoms with E-state index in [4.69, 9.17) is 9.40 Å². The van der Waals surface area contributed by atoms with Crippen molar-refractivity contribution in [1.29, 1.82) is 0 Å². The van der Waals surface area contributed by atoms with Crippen LogP contribution in [0.5, 0.6) is 0 Å². The zero-order chi connectivity index (χ0) is 20.7. The van der Waals surface area contributed by atoms with Crippen LogP contribution >= 0.6 is 0 Å². The zero-order valence-corrected chi connectivity index (χ0v) is 17.2. The molecule has 0 spiro atoms. The number of likely N-dealkylation sites (tertiary alicyclic amines) is 1. The number of amides is 1. The molecule has 1 aliphatic rings. The van der Waals surface area contributed by atoms with Crippen LogP contribution in [0.15, 0.2) is 65.4 Å². The van der Waals surface area contributed by atoms with Crippen LogP contribution in [0.25, 0.3) is 22.3 Å². The van der Waals surface area contributed by atoms with Crippen LogP contribution < -0.4 is 0 Å². The lowest BCUT2D eigenvalue weighted by Crippen LogP contribution is -2.30. The second-order valence-electron chi connectivity index (χ2n) is 8.68. The SMILES string of the molecule is CC1(C)CCN(C(=O)c2cc(-c3ccccc3)nc3c2cnn3Cc2ccco2)C1. The minimum atomic E-state index is 0.0442. The monoisotopic (exact) mass is 400 g/mol. The third-order valence-electron chi connectivity index (χ3n) is 5.76. The van der Waals surface area contributed by atoms with Gasteiger partial charge >= 0.3 is 0 Å². The molecule has 0 saturated carbocycles. The van der Waals surface area contributed by atoms with Crippen molar-refractivity contribution in [2.75, 3.05) is 13.1 Å². The highest BCUT2D eigenvalue weighted by Gasteiger charge is 2.33. The Balaban J connectivity index is 1.63. The predicted octanol–water partition coefficient (Wildman–Crippen LogP) is 4.61. The average Bonchev–Trinajstić information content (AvgIpc) is 3.48. The molecule has 4 heterocycles. The maximum Gasteiger partial charge on any atom is 0.254 e. The average molecular weight is 400 g/mol. The molecule has 4 aromatic rings. The van der Waals surface area contributed by atoms with Gasteiger partial charge in [0.15, 0.2) is 5.65 Å². The van der Waals surface area contributed by atoms with E-state index in [0.29, 0.717) is 17.8 Å². The number of rotatable bonds is 4. The number of aromatic nitrogens is 3. The van der Waals surface area contributed by atoms with E-state index >= 15 is 0 Å². The first kappa shape index (κ1) is 18.6. The van der Waals surface area contributed by atoms with Crippen LogP contribution in [0, 0.1) is 5.41 Å². The van der Waals surface area contributed by atoms with Crippen molar-refractivity contribution in [2.45, 2.75) is 26.8 Å². The normalized spacial score (nSPS) is 15.7. The first-order valence-corrected chi connectivity index (χ1v) is 10.2. The quantitative estimate of drug-likeness (QED) is 0.502. The van der Waals surface area contributed by atoms with E-state index in [9.17, 15) is 4.79 Å². The molecular formula is C24H24N4O2. The summed E-state index contributed by atoms with van der Waals surface area (Å²) in [6.45, 7) is 6.41. The van der Waals surface area contributed by atoms with Crippen molar-refractivity contribution >= 4 is 16.9 Å². The fraction of sp³-hybridized carbons (Fsp3) is 0.292. The van der Waals surface area contributed by atoms with Crippen molar-refractivity contribution in [3.63, 3.8) is 0 Å². The van der Waals surface area contributed by atoms with Gasteiger partial charge in [0.1, 0.15) is 12.3 Å². The topological polar surface area (TPSA) is 64.2 Å². The molecule has 0 aliphatic carbocycles. The smallest absolute Gasteiger partial charge is 0.254 e. The number of fused-ring (bicyclic) bond motifs is 1. The van der Waals surface area contributed by atoms with Gasteiger partial charge in [-0.1, -0.05) is 44.2 Å². The molecule has 0 atom stereocenters. The van der Waals surface area contributed by atoms with E-state index < -0.39 is 0 Å².